The second-order valence-corrected chi connectivity index (χ2v) is 4.30. The van der Waals surface area contributed by atoms with Crippen molar-refractivity contribution in [2.45, 2.75) is 26.0 Å². The lowest BCUT2D eigenvalue weighted by Gasteiger charge is -2.15. The van der Waals surface area contributed by atoms with Gasteiger partial charge in [-0.1, -0.05) is 32.0 Å². The molecule has 0 aliphatic carbocycles. The fourth-order valence-corrected chi connectivity index (χ4v) is 1.36. The molecule has 5 heteroatoms. The number of ether oxygens (including phenoxy) is 1. The van der Waals surface area contributed by atoms with Gasteiger partial charge < -0.3 is 20.4 Å². The highest BCUT2D eigenvalue weighted by Crippen LogP contribution is 2.03. The maximum absolute atomic E-state index is 9.67. The van der Waals surface area contributed by atoms with Crippen molar-refractivity contribution >= 4 is 5.90 Å². The minimum atomic E-state index is -0.645. The van der Waals surface area contributed by atoms with Gasteiger partial charge in [0, 0.05) is 18.2 Å². The average molecular weight is 252 g/mol. The summed E-state index contributed by atoms with van der Waals surface area (Å²) in [6.45, 7) is 4.51. The van der Waals surface area contributed by atoms with Gasteiger partial charge in [0.2, 0.25) is 0 Å². The van der Waals surface area contributed by atoms with Crippen molar-refractivity contribution in [1.29, 1.82) is 0 Å². The van der Waals surface area contributed by atoms with Crippen LogP contribution in [0.2, 0.25) is 0 Å². The van der Waals surface area contributed by atoms with Gasteiger partial charge in [0.15, 0.2) is 0 Å². The lowest BCUT2D eigenvalue weighted by Crippen LogP contribution is -2.35. The van der Waals surface area contributed by atoms with Crippen molar-refractivity contribution in [2.75, 3.05) is 13.2 Å². The zero-order chi connectivity index (χ0) is 13.4. The zero-order valence-electron chi connectivity index (χ0n) is 10.7. The maximum Gasteiger partial charge on any atom is 0.257 e. The summed E-state index contributed by atoms with van der Waals surface area (Å²) in [4.78, 5) is 0. The fourth-order valence-electron chi connectivity index (χ4n) is 1.36. The van der Waals surface area contributed by atoms with Crippen molar-refractivity contribution in [3.63, 3.8) is 0 Å². The van der Waals surface area contributed by atoms with Crippen LogP contribution in [0.3, 0.4) is 0 Å². The molecular weight excluding hydrogens is 232 g/mol. The van der Waals surface area contributed by atoms with E-state index in [1.54, 1.807) is 12.1 Å². The van der Waals surface area contributed by atoms with Crippen LogP contribution in [-0.2, 0) is 4.74 Å². The van der Waals surface area contributed by atoms with E-state index in [0.717, 1.165) is 0 Å². The number of benzene rings is 1. The van der Waals surface area contributed by atoms with Crippen molar-refractivity contribution in [1.82, 2.24) is 5.32 Å². The largest absolute Gasteiger partial charge is 0.472 e. The SMILES string of the molecule is CC(C)NCC(O)COC(=NO)c1ccccc1. The first-order chi connectivity index (χ1) is 8.63. The third-order valence-corrected chi connectivity index (χ3v) is 2.29. The number of nitrogens with zero attached hydrogens (tertiary/aromatic N) is 1. The number of rotatable bonds is 6. The molecule has 5 nitrogen and oxygen atoms in total. The van der Waals surface area contributed by atoms with Gasteiger partial charge in [0.25, 0.3) is 5.90 Å². The molecule has 0 aliphatic rings. The maximum atomic E-state index is 9.67. The molecule has 0 saturated heterocycles. The second-order valence-electron chi connectivity index (χ2n) is 4.30. The molecule has 0 heterocycles. The topological polar surface area (TPSA) is 74.1 Å². The highest BCUT2D eigenvalue weighted by Gasteiger charge is 2.10. The molecule has 0 bridgehead atoms. The molecule has 0 radical (unpaired) electrons. The van der Waals surface area contributed by atoms with Gasteiger partial charge in [0.05, 0.1) is 0 Å². The van der Waals surface area contributed by atoms with Gasteiger partial charge in [0.1, 0.15) is 12.7 Å². The van der Waals surface area contributed by atoms with Crippen LogP contribution in [0.25, 0.3) is 0 Å². The molecule has 100 valence electrons. The Labute approximate surface area is 107 Å². The van der Waals surface area contributed by atoms with E-state index in [1.807, 2.05) is 32.0 Å². The summed E-state index contributed by atoms with van der Waals surface area (Å²) in [5.41, 5.74) is 0.670. The fraction of sp³-hybridized carbons (Fsp3) is 0.462. The van der Waals surface area contributed by atoms with Crippen molar-refractivity contribution in [3.8, 4) is 0 Å². The normalized spacial score (nSPS) is 13.7. The van der Waals surface area contributed by atoms with Gasteiger partial charge in [-0.3, -0.25) is 0 Å². The highest BCUT2D eigenvalue weighted by atomic mass is 16.5. The third kappa shape index (κ3) is 5.16. The van der Waals surface area contributed by atoms with Crippen molar-refractivity contribution < 1.29 is 15.1 Å². The molecule has 0 amide bonds. The first-order valence-electron chi connectivity index (χ1n) is 5.95. The van der Waals surface area contributed by atoms with Gasteiger partial charge in [-0.05, 0) is 17.3 Å². The quantitative estimate of drug-likeness (QED) is 0.308. The number of hydrogen-bond donors (Lipinski definition) is 3. The van der Waals surface area contributed by atoms with Crippen LogP contribution < -0.4 is 5.32 Å². The van der Waals surface area contributed by atoms with E-state index in [1.165, 1.54) is 0 Å². The van der Waals surface area contributed by atoms with E-state index in [4.69, 9.17) is 9.94 Å². The second kappa shape index (κ2) is 7.68. The molecule has 0 aliphatic heterocycles. The van der Waals surface area contributed by atoms with E-state index in [-0.39, 0.29) is 12.5 Å². The predicted octanol–water partition coefficient (Wildman–Crippen LogP) is 1.20. The molecule has 18 heavy (non-hydrogen) atoms. The Kier molecular flexibility index (Phi) is 6.18. The lowest BCUT2D eigenvalue weighted by molar-refractivity contribution is 0.0962. The van der Waals surface area contributed by atoms with E-state index in [2.05, 4.69) is 10.5 Å². The summed E-state index contributed by atoms with van der Waals surface area (Å²) in [5.74, 6) is 0.110. The van der Waals surface area contributed by atoms with Crippen LogP contribution in [0.15, 0.2) is 35.5 Å². The molecule has 0 saturated carbocycles. The summed E-state index contributed by atoms with van der Waals surface area (Å²) in [5, 5.41) is 24.7. The van der Waals surface area contributed by atoms with E-state index < -0.39 is 6.10 Å². The number of aliphatic hydroxyl groups is 1. The number of aliphatic hydroxyl groups excluding tert-OH is 1. The lowest BCUT2D eigenvalue weighted by atomic mass is 10.2. The van der Waals surface area contributed by atoms with Crippen LogP contribution >= 0.6 is 0 Å². The first kappa shape index (κ1) is 14.5. The van der Waals surface area contributed by atoms with Gasteiger partial charge >= 0.3 is 0 Å². The van der Waals surface area contributed by atoms with Crippen molar-refractivity contribution in [2.24, 2.45) is 5.16 Å². The third-order valence-electron chi connectivity index (χ3n) is 2.29. The summed E-state index contributed by atoms with van der Waals surface area (Å²) in [6, 6.07) is 9.35. The number of hydrogen-bond acceptors (Lipinski definition) is 5. The zero-order valence-corrected chi connectivity index (χ0v) is 10.7. The minimum Gasteiger partial charge on any atom is -0.472 e. The van der Waals surface area contributed by atoms with Crippen molar-refractivity contribution in [3.05, 3.63) is 35.9 Å². The molecule has 0 spiro atoms. The van der Waals surface area contributed by atoms with Gasteiger partial charge in [-0.15, -0.1) is 0 Å². The summed E-state index contributed by atoms with van der Waals surface area (Å²) in [6.07, 6.45) is -0.645. The Morgan fingerprint density at radius 2 is 2.00 bits per heavy atom. The molecule has 1 aromatic rings. The summed E-state index contributed by atoms with van der Waals surface area (Å²) < 4.78 is 5.28. The Hall–Kier alpha value is -1.59. The molecule has 1 unspecified atom stereocenters. The predicted molar refractivity (Wildman–Crippen MR) is 69.9 cm³/mol. The van der Waals surface area contributed by atoms with E-state index in [0.29, 0.717) is 18.2 Å². The monoisotopic (exact) mass is 252 g/mol. The van der Waals surface area contributed by atoms with Crippen LogP contribution in [-0.4, -0.2) is 41.5 Å². The van der Waals surface area contributed by atoms with E-state index in [9.17, 15) is 5.11 Å². The van der Waals surface area contributed by atoms with Crippen LogP contribution in [0.5, 0.6) is 0 Å². The Morgan fingerprint density at radius 3 is 2.56 bits per heavy atom. The molecule has 0 aromatic heterocycles. The minimum absolute atomic E-state index is 0.0774. The van der Waals surface area contributed by atoms with Crippen LogP contribution in [0.1, 0.15) is 19.4 Å². The molecule has 1 rings (SSSR count). The number of nitrogens with one attached hydrogen (secondary N) is 1. The molecule has 0 fully saturated rings. The summed E-state index contributed by atoms with van der Waals surface area (Å²) in [7, 11) is 0. The average Bonchev–Trinajstić information content (AvgIpc) is 2.38. The van der Waals surface area contributed by atoms with Gasteiger partial charge in [-0.2, -0.15) is 0 Å². The smallest absolute Gasteiger partial charge is 0.257 e. The molecular formula is C13H20N2O3. The highest BCUT2D eigenvalue weighted by molar-refractivity contribution is 5.93. The van der Waals surface area contributed by atoms with Crippen LogP contribution in [0, 0.1) is 0 Å². The van der Waals surface area contributed by atoms with Gasteiger partial charge in [-0.25, -0.2) is 0 Å². The first-order valence-corrected chi connectivity index (χ1v) is 5.95. The Bertz CT molecular complexity index is 366. The van der Waals surface area contributed by atoms with E-state index >= 15 is 0 Å². The Morgan fingerprint density at radius 1 is 1.33 bits per heavy atom. The molecule has 1 atom stereocenters. The number of oxime groups is 1. The standard InChI is InChI=1S/C13H20N2O3/c1-10(2)14-8-12(16)9-18-13(15-17)11-6-4-3-5-7-11/h3-7,10,12,14,16-17H,8-9H2,1-2H3. The Balaban J connectivity index is 2.42. The summed E-state index contributed by atoms with van der Waals surface area (Å²) >= 11 is 0. The molecule has 1 aromatic carbocycles. The van der Waals surface area contributed by atoms with Crippen LogP contribution in [0.4, 0.5) is 0 Å². The molecule has 3 N–H and O–H groups in total.